The molecule has 0 fully saturated rings. The Morgan fingerprint density at radius 1 is 0.449 bits per heavy atom. The lowest BCUT2D eigenvalue weighted by molar-refractivity contribution is -0.686. The number of rotatable bonds is 9. The molecular weight excluding hydrogens is 1120 g/mol. The zero-order chi connectivity index (χ0) is 59.2. The predicted octanol–water partition coefficient (Wildman–Crippen LogP) is 13.0. The Morgan fingerprint density at radius 2 is 0.718 bits per heavy atom. The summed E-state index contributed by atoms with van der Waals surface area (Å²) in [5, 5.41) is 0. The minimum absolute atomic E-state index is 0.0645. The molecule has 0 N–H and O–H groups in total. The van der Waals surface area contributed by atoms with Gasteiger partial charge >= 0.3 is 61.1 Å². The molecule has 30 heteroatoms. The molecule has 6 aromatic rings. The van der Waals surface area contributed by atoms with Crippen LogP contribution in [0.2, 0.25) is 0 Å². The maximum absolute atomic E-state index is 14.2. The SMILES string of the molecule is CC(C)OC(=O)c1cncc[n+]1CC(=O)c1ccccc1.FC(F)(F)c1cc([B-](c2cc(C(F)(F)F)cc(C(F)(F)F)c2)(c2cc(C(F)(F)F)cc(C(F)(F)F)c2)c2cc(C(F)(F)F)cc(C(F)(F)F)c2)cc(C(F)(F)F)c1. The standard InChI is InChI=1S/C32H12BF24.C16H17N2O3/c34-25(35,36)13-1-14(26(37,38)39)6-21(5-13)33(22-7-15(27(40,41)42)2-16(8-22)28(43,44)45,23-9-17(29(46,47)48)3-18(10-23)30(49,50)51)24-11-19(31(52,53)54)4-20(12-24)32(55,56)57;1-12(2)21-16(20)14-10-17-8-9-18(14)11-15(19)13-6-4-3-5-7-13/h1-12H;3-10,12H,11H2,1-2H3/q-1;+1. The number of ketones is 1. The Hall–Kier alpha value is -7.30. The summed E-state index contributed by atoms with van der Waals surface area (Å²) in [4.78, 5) is 28.1. The van der Waals surface area contributed by atoms with Crippen molar-refractivity contribution < 1.29 is 124 Å². The summed E-state index contributed by atoms with van der Waals surface area (Å²) in [5.74, 6) is -0.565. The van der Waals surface area contributed by atoms with Crippen LogP contribution in [-0.4, -0.2) is 29.0 Å². The molecule has 6 rings (SSSR count). The molecule has 5 aromatic carbocycles. The molecule has 1 heterocycles. The van der Waals surface area contributed by atoms with Crippen LogP contribution < -0.4 is 26.4 Å². The normalized spacial score (nSPS) is 13.3. The van der Waals surface area contributed by atoms with E-state index in [1.165, 1.54) is 12.4 Å². The molecular formula is C48H29BF24N2O3. The van der Waals surface area contributed by atoms with Gasteiger partial charge in [-0.25, -0.2) is 4.79 Å². The lowest BCUT2D eigenvalue weighted by atomic mass is 9.12. The van der Waals surface area contributed by atoms with Crippen molar-refractivity contribution in [2.75, 3.05) is 0 Å². The molecule has 1 aromatic heterocycles. The summed E-state index contributed by atoms with van der Waals surface area (Å²) in [6.07, 6.45) is -50.5. The molecule has 0 saturated heterocycles. The molecule has 0 aliphatic heterocycles. The first-order valence-electron chi connectivity index (χ1n) is 21.3. The quantitative estimate of drug-likeness (QED) is 0.0476. The molecule has 0 amide bonds. The van der Waals surface area contributed by atoms with Gasteiger partial charge in [-0.05, 0) is 38.1 Å². The summed E-state index contributed by atoms with van der Waals surface area (Å²) in [6, 6.07) is 0.139. The second-order valence-corrected chi connectivity index (χ2v) is 17.1. The van der Waals surface area contributed by atoms with Crippen molar-refractivity contribution in [2.45, 2.75) is 75.9 Å². The number of hydrogen-bond acceptors (Lipinski definition) is 4. The van der Waals surface area contributed by atoms with Crippen molar-refractivity contribution in [3.05, 3.63) is 177 Å². The molecule has 5 nitrogen and oxygen atoms in total. The second kappa shape index (κ2) is 21.5. The molecule has 0 aliphatic rings. The number of benzene rings is 5. The van der Waals surface area contributed by atoms with Gasteiger partial charge < -0.3 is 4.74 Å². The Bertz CT molecular complexity index is 2710. The largest absolute Gasteiger partial charge is 0.455 e. The van der Waals surface area contributed by atoms with E-state index >= 15 is 0 Å². The molecule has 0 radical (unpaired) electrons. The number of hydrogen-bond donors (Lipinski definition) is 0. The fraction of sp³-hybridized carbons (Fsp3) is 0.250. The highest BCUT2D eigenvalue weighted by Gasteiger charge is 2.47. The lowest BCUT2D eigenvalue weighted by Gasteiger charge is -2.46. The highest BCUT2D eigenvalue weighted by Crippen LogP contribution is 2.41. The monoisotopic (exact) mass is 1150 g/mol. The number of carbonyl (C=O) groups excluding carboxylic acids is 2. The number of esters is 1. The van der Waals surface area contributed by atoms with Crippen molar-refractivity contribution in [1.82, 2.24) is 4.98 Å². The molecule has 0 saturated carbocycles. The van der Waals surface area contributed by atoms with Gasteiger partial charge in [0.2, 0.25) is 12.3 Å². The summed E-state index contributed by atoms with van der Waals surface area (Å²) >= 11 is 0. The van der Waals surface area contributed by atoms with Gasteiger partial charge in [-0.3, -0.25) is 9.78 Å². The van der Waals surface area contributed by atoms with Crippen molar-refractivity contribution in [3.8, 4) is 0 Å². The van der Waals surface area contributed by atoms with Gasteiger partial charge in [0.05, 0.1) is 56.8 Å². The van der Waals surface area contributed by atoms with Crippen molar-refractivity contribution in [1.29, 1.82) is 0 Å². The van der Waals surface area contributed by atoms with Crippen LogP contribution in [0, 0.1) is 0 Å². The van der Waals surface area contributed by atoms with Crippen LogP contribution >= 0.6 is 0 Å². The maximum atomic E-state index is 14.2. The fourth-order valence-electron chi connectivity index (χ4n) is 7.91. The summed E-state index contributed by atoms with van der Waals surface area (Å²) < 4.78 is 348. The molecule has 0 atom stereocenters. The van der Waals surface area contributed by atoms with Gasteiger partial charge in [0.1, 0.15) is 12.3 Å². The van der Waals surface area contributed by atoms with E-state index in [-0.39, 0.29) is 24.1 Å². The van der Waals surface area contributed by atoms with Crippen LogP contribution in [0.1, 0.15) is 79.2 Å². The van der Waals surface area contributed by atoms with Gasteiger partial charge in [-0.15, -0.1) is 0 Å². The molecule has 0 aliphatic carbocycles. The van der Waals surface area contributed by atoms with Gasteiger partial charge in [-0.2, -0.15) is 132 Å². The van der Waals surface area contributed by atoms with E-state index in [1.807, 2.05) is 6.07 Å². The van der Waals surface area contributed by atoms with Crippen LogP contribution in [0.3, 0.4) is 0 Å². The van der Waals surface area contributed by atoms with Gasteiger partial charge in [0.25, 0.3) is 0 Å². The molecule has 420 valence electrons. The van der Waals surface area contributed by atoms with Crippen LogP contribution in [-0.2, 0) is 60.7 Å². The molecule has 78 heavy (non-hydrogen) atoms. The lowest BCUT2D eigenvalue weighted by Crippen LogP contribution is -2.75. The summed E-state index contributed by atoms with van der Waals surface area (Å²) in [7, 11) is 0. The van der Waals surface area contributed by atoms with Crippen LogP contribution in [0.5, 0.6) is 0 Å². The molecule has 0 unspecified atom stereocenters. The fourth-order valence-corrected chi connectivity index (χ4v) is 7.91. The Morgan fingerprint density at radius 3 is 0.962 bits per heavy atom. The summed E-state index contributed by atoms with van der Waals surface area (Å²) in [5.41, 5.74) is -29.3. The highest BCUT2D eigenvalue weighted by atomic mass is 19.4. The Kier molecular flexibility index (Phi) is 17.0. The first-order chi connectivity index (χ1) is 35.3. The number of ether oxygens (including phenoxy) is 1. The van der Waals surface area contributed by atoms with E-state index in [0.29, 0.717) is 5.56 Å². The number of aromatic nitrogens is 2. The zero-order valence-electron chi connectivity index (χ0n) is 38.6. The first kappa shape index (κ1) is 61.6. The number of halogens is 24. The number of nitrogens with zero attached hydrogens (tertiary/aromatic N) is 2. The van der Waals surface area contributed by atoms with Crippen LogP contribution in [0.15, 0.2) is 122 Å². The summed E-state index contributed by atoms with van der Waals surface area (Å²) in [6.45, 7) is 3.61. The van der Waals surface area contributed by atoms with E-state index in [2.05, 4.69) is 4.98 Å². The molecule has 0 bridgehead atoms. The second-order valence-electron chi connectivity index (χ2n) is 17.1. The van der Waals surface area contributed by atoms with E-state index < -0.39 is 201 Å². The topological polar surface area (TPSA) is 60.1 Å². The number of alkyl halides is 24. The van der Waals surface area contributed by atoms with Crippen LogP contribution in [0.4, 0.5) is 105 Å². The third-order valence-electron chi connectivity index (χ3n) is 11.2. The van der Waals surface area contributed by atoms with Crippen LogP contribution in [0.25, 0.3) is 0 Å². The predicted molar refractivity (Wildman–Crippen MR) is 226 cm³/mol. The maximum Gasteiger partial charge on any atom is 0.416 e. The van der Waals surface area contributed by atoms with E-state index in [0.717, 1.165) is 0 Å². The minimum Gasteiger partial charge on any atom is -0.455 e. The third-order valence-corrected chi connectivity index (χ3v) is 11.2. The van der Waals surface area contributed by atoms with E-state index in [4.69, 9.17) is 4.74 Å². The highest BCUT2D eigenvalue weighted by molar-refractivity contribution is 7.20. The zero-order valence-corrected chi connectivity index (χ0v) is 38.6. The van der Waals surface area contributed by atoms with Crippen molar-refractivity contribution in [2.24, 2.45) is 0 Å². The average Bonchev–Trinajstić information content (AvgIpc) is 3.29. The first-order valence-corrected chi connectivity index (χ1v) is 21.3. The number of Topliss-reactive ketones (excluding diaryl/α,β-unsaturated/α-hetero) is 1. The number of carbonyl (C=O) groups is 2. The smallest absolute Gasteiger partial charge is 0.416 e. The molecule has 0 spiro atoms. The van der Waals surface area contributed by atoms with Gasteiger partial charge in [0.15, 0.2) is 6.20 Å². The average molecular weight is 1150 g/mol. The van der Waals surface area contributed by atoms with E-state index in [1.54, 1.807) is 48.9 Å². The third kappa shape index (κ3) is 14.4. The van der Waals surface area contributed by atoms with E-state index in [9.17, 15) is 115 Å². The Balaban J connectivity index is 0.000000443. The minimum atomic E-state index is -6.13. The van der Waals surface area contributed by atoms with Gasteiger partial charge in [-0.1, -0.05) is 78.9 Å². The van der Waals surface area contributed by atoms with Crippen molar-refractivity contribution in [3.63, 3.8) is 0 Å². The van der Waals surface area contributed by atoms with Gasteiger partial charge in [0, 0.05) is 5.56 Å². The van der Waals surface area contributed by atoms with Crippen molar-refractivity contribution >= 4 is 39.7 Å². The Labute approximate surface area is 422 Å².